The van der Waals surface area contributed by atoms with E-state index in [1.807, 2.05) is 0 Å². The summed E-state index contributed by atoms with van der Waals surface area (Å²) in [6, 6.07) is 0. The van der Waals surface area contributed by atoms with Crippen molar-refractivity contribution in [2.75, 3.05) is 13.1 Å². The molecule has 0 amide bonds. The minimum absolute atomic E-state index is 0.560. The van der Waals surface area contributed by atoms with Gasteiger partial charge in [-0.2, -0.15) is 0 Å². The van der Waals surface area contributed by atoms with E-state index < -0.39 is 0 Å². The molecular formula is C11H22N2. The first-order chi connectivity index (χ1) is 6.13. The van der Waals surface area contributed by atoms with E-state index in [0.29, 0.717) is 6.17 Å². The smallest absolute Gasteiger partial charge is 0.0982 e. The molecule has 2 nitrogen and oxygen atoms in total. The van der Waals surface area contributed by atoms with Crippen LogP contribution in [0.1, 0.15) is 41.0 Å². The summed E-state index contributed by atoms with van der Waals surface area (Å²) in [5.74, 6) is 0. The maximum atomic E-state index is 2.50. The van der Waals surface area contributed by atoms with E-state index in [9.17, 15) is 0 Å². The number of allylic oxidation sites excluding steroid dienone is 2. The first-order valence-corrected chi connectivity index (χ1v) is 5.34. The fraction of sp³-hybridized carbons (Fsp3) is 0.818. The third kappa shape index (κ3) is 1.67. The Morgan fingerprint density at radius 3 is 2.00 bits per heavy atom. The summed E-state index contributed by atoms with van der Waals surface area (Å²) in [5.41, 5.74) is 2.90. The lowest BCUT2D eigenvalue weighted by atomic mass is 10.3. The second-order valence-corrected chi connectivity index (χ2v) is 3.78. The van der Waals surface area contributed by atoms with Crippen molar-refractivity contribution < 1.29 is 0 Å². The predicted octanol–water partition coefficient (Wildman–Crippen LogP) is 2.63. The summed E-state index contributed by atoms with van der Waals surface area (Å²) in [6.07, 6.45) is 1.79. The lowest BCUT2D eigenvalue weighted by Gasteiger charge is -2.30. The van der Waals surface area contributed by atoms with Crippen molar-refractivity contribution in [2.24, 2.45) is 0 Å². The lowest BCUT2D eigenvalue weighted by molar-refractivity contribution is 0.160. The molecule has 76 valence electrons. The molecular weight excluding hydrogens is 160 g/mol. The van der Waals surface area contributed by atoms with Crippen LogP contribution in [0, 0.1) is 0 Å². The van der Waals surface area contributed by atoms with Crippen molar-refractivity contribution in [2.45, 2.75) is 47.2 Å². The molecule has 1 heterocycles. The van der Waals surface area contributed by atoms with E-state index in [0.717, 1.165) is 6.54 Å². The monoisotopic (exact) mass is 182 g/mol. The van der Waals surface area contributed by atoms with Gasteiger partial charge in [0.1, 0.15) is 0 Å². The third-order valence-electron chi connectivity index (χ3n) is 3.09. The van der Waals surface area contributed by atoms with Crippen LogP contribution in [0.5, 0.6) is 0 Å². The van der Waals surface area contributed by atoms with Gasteiger partial charge in [0, 0.05) is 24.5 Å². The van der Waals surface area contributed by atoms with Gasteiger partial charge in [-0.05, 0) is 34.1 Å². The second-order valence-electron chi connectivity index (χ2n) is 3.78. The Morgan fingerprint density at radius 1 is 1.08 bits per heavy atom. The molecule has 0 saturated heterocycles. The van der Waals surface area contributed by atoms with Gasteiger partial charge < -0.3 is 9.80 Å². The highest BCUT2D eigenvalue weighted by molar-refractivity contribution is 5.15. The maximum absolute atomic E-state index is 2.50. The Morgan fingerprint density at radius 2 is 1.62 bits per heavy atom. The average molecular weight is 182 g/mol. The Bertz CT molecular complexity index is 208. The molecule has 0 bridgehead atoms. The molecule has 0 aromatic rings. The summed E-state index contributed by atoms with van der Waals surface area (Å²) < 4.78 is 0. The zero-order valence-electron chi connectivity index (χ0n) is 9.59. The predicted molar refractivity (Wildman–Crippen MR) is 57.2 cm³/mol. The molecule has 1 atom stereocenters. The van der Waals surface area contributed by atoms with E-state index in [1.54, 1.807) is 0 Å². The van der Waals surface area contributed by atoms with E-state index in [2.05, 4.69) is 44.4 Å². The zero-order chi connectivity index (χ0) is 10.0. The summed E-state index contributed by atoms with van der Waals surface area (Å²) in [4.78, 5) is 4.96. The topological polar surface area (TPSA) is 6.48 Å². The number of nitrogens with zero attached hydrogens (tertiary/aromatic N) is 2. The van der Waals surface area contributed by atoms with Gasteiger partial charge in [0.25, 0.3) is 0 Å². The van der Waals surface area contributed by atoms with Crippen molar-refractivity contribution in [3.05, 3.63) is 11.4 Å². The summed E-state index contributed by atoms with van der Waals surface area (Å²) in [5, 5.41) is 0. The van der Waals surface area contributed by atoms with Gasteiger partial charge in [0.2, 0.25) is 0 Å². The van der Waals surface area contributed by atoms with Gasteiger partial charge in [-0.3, -0.25) is 0 Å². The summed E-state index contributed by atoms with van der Waals surface area (Å²) in [6.45, 7) is 13.5. The molecule has 0 aromatic heterocycles. The van der Waals surface area contributed by atoms with Crippen LogP contribution in [0.25, 0.3) is 0 Å². The van der Waals surface area contributed by atoms with Crippen LogP contribution in [0.2, 0.25) is 0 Å². The first-order valence-electron chi connectivity index (χ1n) is 5.34. The molecule has 0 saturated carbocycles. The van der Waals surface area contributed by atoms with Gasteiger partial charge in [0.05, 0.1) is 6.17 Å². The highest BCUT2D eigenvalue weighted by Gasteiger charge is 2.28. The Kier molecular flexibility index (Phi) is 3.23. The van der Waals surface area contributed by atoms with Gasteiger partial charge in [-0.25, -0.2) is 0 Å². The van der Waals surface area contributed by atoms with Gasteiger partial charge in [-0.1, -0.05) is 6.92 Å². The van der Waals surface area contributed by atoms with E-state index in [1.165, 1.54) is 24.4 Å². The highest BCUT2D eigenvalue weighted by atomic mass is 15.4. The Balaban J connectivity index is 2.79. The van der Waals surface area contributed by atoms with Gasteiger partial charge in [-0.15, -0.1) is 0 Å². The van der Waals surface area contributed by atoms with E-state index >= 15 is 0 Å². The van der Waals surface area contributed by atoms with Crippen LogP contribution in [0.3, 0.4) is 0 Å². The molecule has 13 heavy (non-hydrogen) atoms. The molecule has 0 radical (unpaired) electrons. The van der Waals surface area contributed by atoms with Crippen molar-refractivity contribution in [1.82, 2.24) is 9.80 Å². The molecule has 1 unspecified atom stereocenters. The minimum atomic E-state index is 0.560. The molecule has 1 rings (SSSR count). The van der Waals surface area contributed by atoms with Crippen molar-refractivity contribution >= 4 is 0 Å². The normalized spacial score (nSPS) is 23.3. The second kappa shape index (κ2) is 4.03. The van der Waals surface area contributed by atoms with Crippen molar-refractivity contribution in [3.8, 4) is 0 Å². The third-order valence-corrected chi connectivity index (χ3v) is 3.09. The largest absolute Gasteiger partial charge is 0.354 e. The van der Waals surface area contributed by atoms with Crippen LogP contribution in [-0.4, -0.2) is 29.1 Å². The first kappa shape index (κ1) is 10.4. The van der Waals surface area contributed by atoms with E-state index in [-0.39, 0.29) is 0 Å². The van der Waals surface area contributed by atoms with Crippen LogP contribution in [-0.2, 0) is 0 Å². The van der Waals surface area contributed by atoms with E-state index in [4.69, 9.17) is 0 Å². The molecule has 0 spiro atoms. The lowest BCUT2D eigenvalue weighted by Crippen LogP contribution is -2.37. The van der Waals surface area contributed by atoms with Crippen LogP contribution in [0.4, 0.5) is 0 Å². The maximum Gasteiger partial charge on any atom is 0.0982 e. The summed E-state index contributed by atoms with van der Waals surface area (Å²) >= 11 is 0. The Hall–Kier alpha value is -0.660. The van der Waals surface area contributed by atoms with Crippen LogP contribution in [0.15, 0.2) is 11.4 Å². The molecule has 1 aliphatic heterocycles. The molecule has 0 aromatic carbocycles. The van der Waals surface area contributed by atoms with Crippen molar-refractivity contribution in [3.63, 3.8) is 0 Å². The molecule has 1 aliphatic rings. The average Bonchev–Trinajstić information content (AvgIpc) is 2.31. The van der Waals surface area contributed by atoms with Crippen LogP contribution < -0.4 is 0 Å². The molecule has 2 heteroatoms. The quantitative estimate of drug-likeness (QED) is 0.662. The SMILES string of the molecule is CCCN1C(C)=C(C)N(CC)C1C. The molecule has 0 aliphatic carbocycles. The van der Waals surface area contributed by atoms with Gasteiger partial charge in [0.15, 0.2) is 0 Å². The standard InChI is InChI=1S/C11H22N2/c1-6-8-13-10(4)9(3)12(7-2)11(13)5/h11H,6-8H2,1-5H3. The van der Waals surface area contributed by atoms with Gasteiger partial charge >= 0.3 is 0 Å². The van der Waals surface area contributed by atoms with Crippen molar-refractivity contribution in [1.29, 1.82) is 0 Å². The molecule has 0 fully saturated rings. The number of hydrogen-bond acceptors (Lipinski definition) is 2. The minimum Gasteiger partial charge on any atom is -0.354 e. The number of hydrogen-bond donors (Lipinski definition) is 0. The number of rotatable bonds is 3. The highest BCUT2D eigenvalue weighted by Crippen LogP contribution is 2.27. The Labute approximate surface area is 82.2 Å². The zero-order valence-corrected chi connectivity index (χ0v) is 9.59. The van der Waals surface area contributed by atoms with Crippen LogP contribution >= 0.6 is 0 Å². The molecule has 0 N–H and O–H groups in total. The fourth-order valence-corrected chi connectivity index (χ4v) is 2.24. The fourth-order valence-electron chi connectivity index (χ4n) is 2.24. The summed E-state index contributed by atoms with van der Waals surface area (Å²) in [7, 11) is 0.